The average molecular weight is 376 g/mol. The predicted molar refractivity (Wildman–Crippen MR) is 122 cm³/mol. The van der Waals surface area contributed by atoms with Crippen LogP contribution in [0.2, 0.25) is 0 Å². The van der Waals surface area contributed by atoms with Gasteiger partial charge in [0.2, 0.25) is 0 Å². The molecular weight excluding hydrogens is 356 g/mol. The van der Waals surface area contributed by atoms with Crippen molar-refractivity contribution in [3.05, 3.63) is 97.1 Å². The van der Waals surface area contributed by atoms with Crippen molar-refractivity contribution in [3.63, 3.8) is 0 Å². The number of hydrogen-bond donors (Lipinski definition) is 2. The number of nitrogens with two attached hydrogens (primary N) is 2. The van der Waals surface area contributed by atoms with E-state index in [9.17, 15) is 0 Å². The Kier molecular flexibility index (Phi) is 4.07. The number of fused-ring (bicyclic) bond motifs is 2. The third kappa shape index (κ3) is 3.03. The normalized spacial score (nSPS) is 11.0. The molecule has 5 aromatic carbocycles. The molecule has 0 heterocycles. The van der Waals surface area contributed by atoms with Gasteiger partial charge in [-0.1, -0.05) is 60.7 Å². The quantitative estimate of drug-likeness (QED) is 0.275. The standard InChI is InChI=1S/C26H20N2O/c27-18-11-9-17(10-12-18)25-21-5-1-3-7-23(21)26(24-8-4-2-6-22(24)25)29-20-15-13-19(28)14-16-20/h1-16H,27-28H2. The topological polar surface area (TPSA) is 61.3 Å². The monoisotopic (exact) mass is 376 g/mol. The van der Waals surface area contributed by atoms with Crippen LogP contribution >= 0.6 is 0 Å². The number of anilines is 2. The van der Waals surface area contributed by atoms with Gasteiger partial charge in [0, 0.05) is 22.1 Å². The molecule has 0 saturated carbocycles. The van der Waals surface area contributed by atoms with Crippen molar-refractivity contribution in [1.29, 1.82) is 0 Å². The fourth-order valence-electron chi connectivity index (χ4n) is 3.81. The van der Waals surface area contributed by atoms with Gasteiger partial charge in [0.05, 0.1) is 0 Å². The predicted octanol–water partition coefficient (Wildman–Crippen LogP) is 6.62. The molecule has 0 saturated heterocycles. The van der Waals surface area contributed by atoms with Crippen molar-refractivity contribution in [2.75, 3.05) is 11.5 Å². The molecule has 0 bridgehead atoms. The van der Waals surface area contributed by atoms with Gasteiger partial charge in [-0.25, -0.2) is 0 Å². The minimum Gasteiger partial charge on any atom is -0.456 e. The smallest absolute Gasteiger partial charge is 0.143 e. The summed E-state index contributed by atoms with van der Waals surface area (Å²) in [7, 11) is 0. The molecule has 4 N–H and O–H groups in total. The summed E-state index contributed by atoms with van der Waals surface area (Å²) in [6, 6.07) is 32.2. The second kappa shape index (κ2) is 6.88. The molecule has 0 aliphatic heterocycles. The van der Waals surface area contributed by atoms with Crippen LogP contribution in [0, 0.1) is 0 Å². The van der Waals surface area contributed by atoms with Gasteiger partial charge < -0.3 is 16.2 Å². The Morgan fingerprint density at radius 2 is 0.931 bits per heavy atom. The maximum atomic E-state index is 6.39. The molecule has 5 aromatic rings. The highest BCUT2D eigenvalue weighted by molar-refractivity contribution is 6.17. The molecule has 0 unspecified atom stereocenters. The van der Waals surface area contributed by atoms with E-state index in [1.165, 1.54) is 5.56 Å². The van der Waals surface area contributed by atoms with Crippen molar-refractivity contribution >= 4 is 32.9 Å². The van der Waals surface area contributed by atoms with Crippen LogP contribution in [-0.4, -0.2) is 0 Å². The van der Waals surface area contributed by atoms with Crippen molar-refractivity contribution in [1.82, 2.24) is 0 Å². The summed E-state index contributed by atoms with van der Waals surface area (Å²) in [5.74, 6) is 1.61. The lowest BCUT2D eigenvalue weighted by Gasteiger charge is -2.17. The first-order valence-electron chi connectivity index (χ1n) is 9.53. The van der Waals surface area contributed by atoms with E-state index < -0.39 is 0 Å². The van der Waals surface area contributed by atoms with Gasteiger partial charge in [-0.3, -0.25) is 0 Å². The first-order valence-corrected chi connectivity index (χ1v) is 9.53. The molecule has 140 valence electrons. The summed E-state index contributed by atoms with van der Waals surface area (Å²) < 4.78 is 6.39. The van der Waals surface area contributed by atoms with Crippen LogP contribution in [0.1, 0.15) is 0 Å². The minimum absolute atomic E-state index is 0.714. The zero-order chi connectivity index (χ0) is 19.8. The second-order valence-corrected chi connectivity index (χ2v) is 7.09. The van der Waals surface area contributed by atoms with Crippen molar-refractivity contribution in [3.8, 4) is 22.6 Å². The molecule has 0 aliphatic carbocycles. The van der Waals surface area contributed by atoms with Gasteiger partial charge in [-0.15, -0.1) is 0 Å². The van der Waals surface area contributed by atoms with E-state index in [1.807, 2.05) is 48.5 Å². The molecule has 0 fully saturated rings. The largest absolute Gasteiger partial charge is 0.456 e. The molecule has 0 amide bonds. The van der Waals surface area contributed by atoms with Crippen LogP contribution in [0.15, 0.2) is 97.1 Å². The van der Waals surface area contributed by atoms with Crippen LogP contribution in [0.25, 0.3) is 32.7 Å². The van der Waals surface area contributed by atoms with Gasteiger partial charge in [0.25, 0.3) is 0 Å². The molecule has 0 spiro atoms. The van der Waals surface area contributed by atoms with E-state index in [1.54, 1.807) is 0 Å². The highest BCUT2D eigenvalue weighted by atomic mass is 16.5. The lowest BCUT2D eigenvalue weighted by molar-refractivity contribution is 0.494. The highest BCUT2D eigenvalue weighted by Crippen LogP contribution is 2.44. The fraction of sp³-hybridized carbons (Fsp3) is 0. The van der Waals surface area contributed by atoms with Crippen LogP contribution in [0.5, 0.6) is 11.5 Å². The van der Waals surface area contributed by atoms with E-state index >= 15 is 0 Å². The highest BCUT2D eigenvalue weighted by Gasteiger charge is 2.16. The summed E-state index contributed by atoms with van der Waals surface area (Å²) >= 11 is 0. The molecule has 3 nitrogen and oxygen atoms in total. The number of ether oxygens (including phenoxy) is 1. The van der Waals surface area contributed by atoms with Crippen molar-refractivity contribution < 1.29 is 4.74 Å². The number of hydrogen-bond acceptors (Lipinski definition) is 3. The Balaban J connectivity index is 1.83. The molecule has 0 aliphatic rings. The number of rotatable bonds is 3. The van der Waals surface area contributed by atoms with Gasteiger partial charge in [-0.2, -0.15) is 0 Å². The molecule has 0 radical (unpaired) electrons. The Hall–Kier alpha value is -3.98. The van der Waals surface area contributed by atoms with Crippen LogP contribution in [0.3, 0.4) is 0 Å². The van der Waals surface area contributed by atoms with E-state index in [4.69, 9.17) is 16.2 Å². The zero-order valence-corrected chi connectivity index (χ0v) is 15.8. The Morgan fingerprint density at radius 1 is 0.483 bits per heavy atom. The lowest BCUT2D eigenvalue weighted by Crippen LogP contribution is -1.93. The first kappa shape index (κ1) is 17.1. The first-order chi connectivity index (χ1) is 14.2. The summed E-state index contributed by atoms with van der Waals surface area (Å²) in [6.07, 6.45) is 0. The lowest BCUT2D eigenvalue weighted by atomic mass is 9.91. The zero-order valence-electron chi connectivity index (χ0n) is 15.8. The second-order valence-electron chi connectivity index (χ2n) is 7.09. The number of nitrogen functional groups attached to an aromatic ring is 2. The number of benzene rings is 5. The molecule has 29 heavy (non-hydrogen) atoms. The Morgan fingerprint density at radius 3 is 1.45 bits per heavy atom. The molecule has 0 atom stereocenters. The maximum absolute atomic E-state index is 6.39. The van der Waals surface area contributed by atoms with E-state index in [0.717, 1.165) is 44.3 Å². The maximum Gasteiger partial charge on any atom is 0.143 e. The van der Waals surface area contributed by atoms with E-state index in [2.05, 4.69) is 48.5 Å². The summed E-state index contributed by atoms with van der Waals surface area (Å²) in [6.45, 7) is 0. The average Bonchev–Trinajstić information content (AvgIpc) is 2.76. The van der Waals surface area contributed by atoms with Crippen LogP contribution < -0.4 is 16.2 Å². The molecule has 3 heteroatoms. The Bertz CT molecular complexity index is 1270. The van der Waals surface area contributed by atoms with Gasteiger partial charge in [0.1, 0.15) is 11.5 Å². The minimum atomic E-state index is 0.714. The van der Waals surface area contributed by atoms with Crippen molar-refractivity contribution in [2.24, 2.45) is 0 Å². The van der Waals surface area contributed by atoms with Gasteiger partial charge in [-0.05, 0) is 58.3 Å². The molecule has 5 rings (SSSR count). The van der Waals surface area contributed by atoms with Gasteiger partial charge in [0.15, 0.2) is 0 Å². The summed E-state index contributed by atoms with van der Waals surface area (Å²) in [5, 5.41) is 4.41. The third-order valence-corrected chi connectivity index (χ3v) is 5.18. The van der Waals surface area contributed by atoms with Crippen molar-refractivity contribution in [2.45, 2.75) is 0 Å². The third-order valence-electron chi connectivity index (χ3n) is 5.18. The molecule has 0 aromatic heterocycles. The fourth-order valence-corrected chi connectivity index (χ4v) is 3.81. The Labute approximate surface area is 169 Å². The van der Waals surface area contributed by atoms with E-state index in [0.29, 0.717) is 5.69 Å². The SMILES string of the molecule is Nc1ccc(Oc2c3ccccc3c(-c3ccc(N)cc3)c3ccccc23)cc1. The van der Waals surface area contributed by atoms with Crippen LogP contribution in [-0.2, 0) is 0 Å². The summed E-state index contributed by atoms with van der Waals surface area (Å²) in [4.78, 5) is 0. The van der Waals surface area contributed by atoms with E-state index in [-0.39, 0.29) is 0 Å². The van der Waals surface area contributed by atoms with Gasteiger partial charge >= 0.3 is 0 Å². The van der Waals surface area contributed by atoms with Crippen LogP contribution in [0.4, 0.5) is 11.4 Å². The summed E-state index contributed by atoms with van der Waals surface area (Å²) in [5.41, 5.74) is 15.5. The molecular formula is C26H20N2O.